The van der Waals surface area contributed by atoms with Crippen molar-refractivity contribution in [3.8, 4) is 0 Å². The molecule has 0 atom stereocenters. The van der Waals surface area contributed by atoms with Crippen LogP contribution in [0.1, 0.15) is 30.8 Å². The molecule has 4 N–H and O–H groups in total. The second-order valence-electron chi connectivity index (χ2n) is 7.03. The van der Waals surface area contributed by atoms with Crippen LogP contribution in [0.5, 0.6) is 0 Å². The minimum Gasteiger partial charge on any atom is -0.396 e. The van der Waals surface area contributed by atoms with Gasteiger partial charge in [0.25, 0.3) is 5.91 Å². The molecule has 1 amide bonds. The molecule has 0 aliphatic heterocycles. The number of hydrogen-bond donors (Lipinski definition) is 4. The second kappa shape index (κ2) is 8.29. The van der Waals surface area contributed by atoms with Crippen LogP contribution in [0.25, 0.3) is 0 Å². The molecule has 0 radical (unpaired) electrons. The van der Waals surface area contributed by atoms with Crippen LogP contribution >= 0.6 is 0 Å². The van der Waals surface area contributed by atoms with Gasteiger partial charge in [-0.25, -0.2) is 17.5 Å². The number of halogens is 1. The van der Waals surface area contributed by atoms with E-state index in [-0.39, 0.29) is 29.3 Å². The Labute approximate surface area is 163 Å². The van der Waals surface area contributed by atoms with Crippen molar-refractivity contribution in [3.05, 3.63) is 42.0 Å². The van der Waals surface area contributed by atoms with E-state index in [0.717, 1.165) is 0 Å². The Morgan fingerprint density at radius 1 is 1.29 bits per heavy atom. The third-order valence-corrected chi connectivity index (χ3v) is 5.83. The predicted molar refractivity (Wildman–Crippen MR) is 105 cm³/mol. The summed E-state index contributed by atoms with van der Waals surface area (Å²) in [5, 5.41) is 14.4. The maximum atomic E-state index is 13.6. The summed E-state index contributed by atoms with van der Waals surface area (Å²) in [5.41, 5.74) is -0.133. The van der Waals surface area contributed by atoms with Crippen molar-refractivity contribution in [3.63, 3.8) is 0 Å². The van der Waals surface area contributed by atoms with Crippen molar-refractivity contribution in [2.75, 3.05) is 24.3 Å². The Morgan fingerprint density at radius 3 is 2.57 bits per heavy atom. The van der Waals surface area contributed by atoms with Crippen LogP contribution in [0.3, 0.4) is 0 Å². The number of carbonyl (C=O) groups is 1. The molecule has 8 nitrogen and oxygen atoms in total. The van der Waals surface area contributed by atoms with E-state index < -0.39 is 27.3 Å². The van der Waals surface area contributed by atoms with Crippen LogP contribution < -0.4 is 15.4 Å². The molecule has 2 aromatic rings. The average molecular weight is 412 g/mol. The average Bonchev–Trinajstić information content (AvgIpc) is 2.98. The summed E-state index contributed by atoms with van der Waals surface area (Å²) in [6.07, 6.45) is 1.57. The largest absolute Gasteiger partial charge is 0.396 e. The summed E-state index contributed by atoms with van der Waals surface area (Å²) in [5.74, 6) is -0.989. The number of anilines is 2. The molecule has 154 valence electrons. The first-order valence-corrected chi connectivity index (χ1v) is 10.1. The highest BCUT2D eigenvalue weighted by molar-refractivity contribution is 7.89. The molecule has 0 unspecified atom stereocenters. The Bertz CT molecular complexity index is 970. The van der Waals surface area contributed by atoms with Gasteiger partial charge >= 0.3 is 0 Å². The van der Waals surface area contributed by atoms with E-state index in [9.17, 15) is 17.6 Å². The van der Waals surface area contributed by atoms with Crippen molar-refractivity contribution < 1.29 is 22.7 Å². The molecular formula is C18H25FN4O4S. The molecule has 1 aromatic carbocycles. The highest BCUT2D eigenvalue weighted by Crippen LogP contribution is 2.21. The monoisotopic (exact) mass is 412 g/mol. The Morgan fingerprint density at radius 2 is 1.96 bits per heavy atom. The SMILES string of the molecule is CNc1cc(NC(=O)c2cc(S(=O)(=O)NC(C)(C)CCO)cn2C)ccc1F. The van der Waals surface area contributed by atoms with Gasteiger partial charge in [0, 0.05) is 38.1 Å². The lowest BCUT2D eigenvalue weighted by Gasteiger charge is -2.24. The van der Waals surface area contributed by atoms with Crippen LogP contribution in [0, 0.1) is 5.82 Å². The minimum atomic E-state index is -3.89. The zero-order valence-electron chi connectivity index (χ0n) is 16.2. The lowest BCUT2D eigenvalue weighted by atomic mass is 10.0. The molecule has 0 fully saturated rings. The van der Waals surface area contributed by atoms with Crippen molar-refractivity contribution >= 4 is 27.3 Å². The second-order valence-corrected chi connectivity index (χ2v) is 8.72. The molecule has 2 rings (SSSR count). The number of benzene rings is 1. The number of amides is 1. The number of aliphatic hydroxyl groups excluding tert-OH is 1. The third-order valence-electron chi connectivity index (χ3n) is 4.16. The summed E-state index contributed by atoms with van der Waals surface area (Å²) in [4.78, 5) is 12.5. The zero-order valence-corrected chi connectivity index (χ0v) is 17.0. The number of carbonyl (C=O) groups excluding carboxylic acids is 1. The van der Waals surface area contributed by atoms with Crippen molar-refractivity contribution in [1.29, 1.82) is 0 Å². The van der Waals surface area contributed by atoms with Crippen LogP contribution in [0.15, 0.2) is 35.4 Å². The summed E-state index contributed by atoms with van der Waals surface area (Å²) in [7, 11) is -0.775. The fraction of sp³-hybridized carbons (Fsp3) is 0.389. The highest BCUT2D eigenvalue weighted by atomic mass is 32.2. The van der Waals surface area contributed by atoms with Crippen molar-refractivity contribution in [1.82, 2.24) is 9.29 Å². The van der Waals surface area contributed by atoms with Gasteiger partial charge in [-0.3, -0.25) is 4.79 Å². The molecule has 0 aliphatic rings. The van der Waals surface area contributed by atoms with Crippen molar-refractivity contribution in [2.24, 2.45) is 7.05 Å². The fourth-order valence-electron chi connectivity index (χ4n) is 2.65. The van der Waals surface area contributed by atoms with Gasteiger partial charge in [-0.15, -0.1) is 0 Å². The Hall–Kier alpha value is -2.43. The molecule has 1 heterocycles. The van der Waals surface area contributed by atoms with Gasteiger partial charge in [-0.05, 0) is 44.5 Å². The lowest BCUT2D eigenvalue weighted by molar-refractivity contribution is 0.101. The first-order chi connectivity index (χ1) is 13.0. The first kappa shape index (κ1) is 21.9. The minimum absolute atomic E-state index is 0.0683. The molecule has 0 aliphatic carbocycles. The molecule has 0 spiro atoms. The van der Waals surface area contributed by atoms with Gasteiger partial charge < -0.3 is 20.3 Å². The van der Waals surface area contributed by atoms with E-state index in [2.05, 4.69) is 15.4 Å². The van der Waals surface area contributed by atoms with E-state index in [1.807, 2.05) is 0 Å². The zero-order chi connectivity index (χ0) is 21.1. The summed E-state index contributed by atoms with van der Waals surface area (Å²) in [6, 6.07) is 5.32. The lowest BCUT2D eigenvalue weighted by Crippen LogP contribution is -2.43. The van der Waals surface area contributed by atoms with Gasteiger partial charge in [0.2, 0.25) is 10.0 Å². The van der Waals surface area contributed by atoms with E-state index in [0.29, 0.717) is 5.69 Å². The number of nitrogens with zero attached hydrogens (tertiary/aromatic N) is 1. The molecule has 10 heteroatoms. The summed E-state index contributed by atoms with van der Waals surface area (Å²) in [6.45, 7) is 3.15. The van der Waals surface area contributed by atoms with Gasteiger partial charge in [0.05, 0.1) is 5.69 Å². The Balaban J connectivity index is 2.24. The van der Waals surface area contributed by atoms with Crippen LogP contribution in [-0.2, 0) is 17.1 Å². The topological polar surface area (TPSA) is 112 Å². The molecular weight excluding hydrogens is 387 g/mol. The van der Waals surface area contributed by atoms with Gasteiger partial charge in [-0.1, -0.05) is 0 Å². The van der Waals surface area contributed by atoms with Crippen LogP contribution in [0.2, 0.25) is 0 Å². The summed E-state index contributed by atoms with van der Waals surface area (Å²) < 4.78 is 42.7. The quantitative estimate of drug-likeness (QED) is 0.529. The normalized spacial score (nSPS) is 12.1. The standard InChI is InChI=1S/C18H25FN4O4S/c1-18(2,7-8-24)22-28(26,27)13-10-16(23(4)11-13)17(25)21-12-5-6-14(19)15(9-12)20-3/h5-6,9-11,20,22,24H,7-8H2,1-4H3,(H,21,25). The van der Waals surface area contributed by atoms with E-state index >= 15 is 0 Å². The van der Waals surface area contributed by atoms with Crippen molar-refractivity contribution in [2.45, 2.75) is 30.7 Å². The van der Waals surface area contributed by atoms with Crippen LogP contribution in [0.4, 0.5) is 15.8 Å². The third kappa shape index (κ3) is 5.09. The first-order valence-electron chi connectivity index (χ1n) is 8.59. The number of aliphatic hydroxyl groups is 1. The van der Waals surface area contributed by atoms with E-state index in [1.54, 1.807) is 27.9 Å². The summed E-state index contributed by atoms with van der Waals surface area (Å²) >= 11 is 0. The molecule has 0 saturated heterocycles. The number of sulfonamides is 1. The fourth-order valence-corrected chi connectivity index (χ4v) is 4.16. The van der Waals surface area contributed by atoms with E-state index in [1.165, 1.54) is 35.0 Å². The number of aryl methyl sites for hydroxylation is 1. The number of hydrogen-bond acceptors (Lipinski definition) is 5. The highest BCUT2D eigenvalue weighted by Gasteiger charge is 2.28. The maximum absolute atomic E-state index is 13.6. The maximum Gasteiger partial charge on any atom is 0.272 e. The molecule has 0 saturated carbocycles. The smallest absolute Gasteiger partial charge is 0.272 e. The van der Waals surface area contributed by atoms with Gasteiger partial charge in [0.1, 0.15) is 16.4 Å². The molecule has 0 bridgehead atoms. The van der Waals surface area contributed by atoms with Crippen LogP contribution in [-0.4, -0.2) is 43.2 Å². The van der Waals surface area contributed by atoms with Gasteiger partial charge in [-0.2, -0.15) is 0 Å². The number of rotatable bonds is 8. The Kier molecular flexibility index (Phi) is 6.48. The van der Waals surface area contributed by atoms with E-state index in [4.69, 9.17) is 5.11 Å². The molecule has 28 heavy (non-hydrogen) atoms. The number of nitrogens with one attached hydrogen (secondary N) is 3. The van der Waals surface area contributed by atoms with Gasteiger partial charge in [0.15, 0.2) is 0 Å². The predicted octanol–water partition coefficient (Wildman–Crippen LogP) is 1.90. The number of aromatic nitrogens is 1. The molecule has 1 aromatic heterocycles.